The number of rotatable bonds is 10. The van der Waals surface area contributed by atoms with Gasteiger partial charge in [-0.3, -0.25) is 9.59 Å². The van der Waals surface area contributed by atoms with Crippen LogP contribution in [0.25, 0.3) is 0 Å². The minimum atomic E-state index is -0.422. The summed E-state index contributed by atoms with van der Waals surface area (Å²) >= 11 is 1.56. The van der Waals surface area contributed by atoms with Crippen molar-refractivity contribution in [3.63, 3.8) is 0 Å². The Bertz CT molecular complexity index is 948. The Balaban J connectivity index is 1.39. The first-order chi connectivity index (χ1) is 14.7. The smallest absolute Gasteiger partial charge is 0.306 e. The Hall–Kier alpha value is -3.25. The lowest BCUT2D eigenvalue weighted by molar-refractivity contribution is -0.147. The number of para-hydroxylation sites is 2. The normalized spacial score (nSPS) is 10.3. The van der Waals surface area contributed by atoms with Crippen molar-refractivity contribution in [1.82, 2.24) is 0 Å². The third kappa shape index (κ3) is 7.29. The number of nitrogens with one attached hydrogen (secondary N) is 1. The maximum absolute atomic E-state index is 12.2. The van der Waals surface area contributed by atoms with Crippen molar-refractivity contribution in [2.24, 2.45) is 0 Å². The number of hydrogen-bond acceptors (Lipinski definition) is 5. The van der Waals surface area contributed by atoms with Gasteiger partial charge in [0.25, 0.3) is 5.91 Å². The van der Waals surface area contributed by atoms with Crippen LogP contribution < -0.4 is 10.1 Å². The predicted octanol–water partition coefficient (Wildman–Crippen LogP) is 5.18. The van der Waals surface area contributed by atoms with E-state index < -0.39 is 5.97 Å². The fourth-order valence-electron chi connectivity index (χ4n) is 2.60. The average Bonchev–Trinajstić information content (AvgIpc) is 2.78. The minimum absolute atomic E-state index is 0.195. The number of anilines is 1. The number of benzene rings is 3. The number of carbonyl (C=O) groups is 2. The van der Waals surface area contributed by atoms with Gasteiger partial charge in [-0.2, -0.15) is 0 Å². The van der Waals surface area contributed by atoms with Gasteiger partial charge >= 0.3 is 5.97 Å². The molecule has 6 heteroatoms. The van der Waals surface area contributed by atoms with Gasteiger partial charge < -0.3 is 14.8 Å². The molecule has 0 aliphatic carbocycles. The molecule has 0 aromatic heterocycles. The molecule has 0 radical (unpaired) electrons. The van der Waals surface area contributed by atoms with Crippen LogP contribution in [-0.2, 0) is 14.3 Å². The largest absolute Gasteiger partial charge is 0.494 e. The van der Waals surface area contributed by atoms with E-state index >= 15 is 0 Å². The Morgan fingerprint density at radius 2 is 1.50 bits per heavy atom. The molecule has 0 spiro atoms. The molecule has 0 aliphatic heterocycles. The quantitative estimate of drug-likeness (QED) is 0.361. The lowest BCUT2D eigenvalue weighted by Gasteiger charge is -2.11. The van der Waals surface area contributed by atoms with Gasteiger partial charge in [0.05, 0.1) is 12.3 Å². The summed E-state index contributed by atoms with van der Waals surface area (Å²) < 4.78 is 10.6. The molecule has 0 aliphatic rings. The number of amides is 1. The van der Waals surface area contributed by atoms with E-state index in [0.29, 0.717) is 18.7 Å². The van der Waals surface area contributed by atoms with Crippen LogP contribution in [0, 0.1) is 0 Å². The molecular weight excluding hydrogens is 398 g/mol. The molecule has 0 fully saturated rings. The molecule has 0 bridgehead atoms. The van der Waals surface area contributed by atoms with Crippen molar-refractivity contribution in [2.45, 2.75) is 22.6 Å². The summed E-state index contributed by atoms with van der Waals surface area (Å²) in [4.78, 5) is 26.1. The second-order valence-corrected chi connectivity index (χ2v) is 7.50. The van der Waals surface area contributed by atoms with E-state index in [1.807, 2.05) is 84.9 Å². The van der Waals surface area contributed by atoms with Gasteiger partial charge in [-0.15, -0.1) is 0 Å². The number of esters is 1. The minimum Gasteiger partial charge on any atom is -0.494 e. The molecule has 0 saturated carbocycles. The Kier molecular flexibility index (Phi) is 8.35. The molecule has 3 aromatic rings. The zero-order valence-corrected chi connectivity index (χ0v) is 17.3. The van der Waals surface area contributed by atoms with E-state index in [1.54, 1.807) is 11.8 Å². The molecule has 0 heterocycles. The standard InChI is InChI=1S/C24H23NO4S/c26-23(18-29-24(27)16-9-17-28-19-10-3-1-4-11-19)25-21-14-7-8-15-22(21)30-20-12-5-2-6-13-20/h1-8,10-15H,9,16-18H2,(H,25,26). The van der Waals surface area contributed by atoms with Crippen LogP contribution in [0.5, 0.6) is 5.75 Å². The third-order valence-corrected chi connectivity index (χ3v) is 5.12. The molecular formula is C24H23NO4S. The topological polar surface area (TPSA) is 64.6 Å². The SMILES string of the molecule is O=C(COC(=O)CCCOc1ccccc1)Nc1ccccc1Sc1ccccc1. The number of hydrogen-bond donors (Lipinski definition) is 1. The molecule has 30 heavy (non-hydrogen) atoms. The van der Waals surface area contributed by atoms with Crippen molar-refractivity contribution in [3.8, 4) is 5.75 Å². The van der Waals surface area contributed by atoms with E-state index in [4.69, 9.17) is 9.47 Å². The van der Waals surface area contributed by atoms with Crippen molar-refractivity contribution in [2.75, 3.05) is 18.5 Å². The summed E-state index contributed by atoms with van der Waals surface area (Å²) in [6, 6.07) is 26.8. The lowest BCUT2D eigenvalue weighted by Crippen LogP contribution is -2.21. The number of carbonyl (C=O) groups excluding carboxylic acids is 2. The second-order valence-electron chi connectivity index (χ2n) is 6.39. The second kappa shape index (κ2) is 11.7. The Labute approximate surface area is 180 Å². The molecule has 3 aromatic carbocycles. The monoisotopic (exact) mass is 421 g/mol. The van der Waals surface area contributed by atoms with Crippen molar-refractivity contribution in [1.29, 1.82) is 0 Å². The number of ether oxygens (including phenoxy) is 2. The first kappa shape index (κ1) is 21.5. The van der Waals surface area contributed by atoms with Crippen molar-refractivity contribution in [3.05, 3.63) is 84.9 Å². The van der Waals surface area contributed by atoms with Crippen molar-refractivity contribution >= 4 is 29.3 Å². The van der Waals surface area contributed by atoms with Crippen LogP contribution in [-0.4, -0.2) is 25.1 Å². The third-order valence-electron chi connectivity index (χ3n) is 4.03. The molecule has 0 saturated heterocycles. The molecule has 3 rings (SSSR count). The van der Waals surface area contributed by atoms with E-state index in [1.165, 1.54) is 0 Å². The Morgan fingerprint density at radius 1 is 0.833 bits per heavy atom. The highest BCUT2D eigenvalue weighted by molar-refractivity contribution is 7.99. The van der Waals surface area contributed by atoms with E-state index in [-0.39, 0.29) is 18.9 Å². The molecule has 5 nitrogen and oxygen atoms in total. The van der Waals surface area contributed by atoms with Gasteiger partial charge in [0.2, 0.25) is 0 Å². The van der Waals surface area contributed by atoms with Crippen LogP contribution in [0.3, 0.4) is 0 Å². The zero-order chi connectivity index (χ0) is 21.0. The van der Waals surface area contributed by atoms with Gasteiger partial charge in [-0.05, 0) is 42.8 Å². The molecule has 1 amide bonds. The summed E-state index contributed by atoms with van der Waals surface area (Å²) in [5.74, 6) is -0.0314. The van der Waals surface area contributed by atoms with Crippen LogP contribution in [0.15, 0.2) is 94.7 Å². The lowest BCUT2D eigenvalue weighted by atomic mass is 10.3. The molecule has 1 N–H and O–H groups in total. The highest BCUT2D eigenvalue weighted by Gasteiger charge is 2.11. The van der Waals surface area contributed by atoms with Crippen LogP contribution >= 0.6 is 11.8 Å². The van der Waals surface area contributed by atoms with Gasteiger partial charge in [0, 0.05) is 16.2 Å². The Morgan fingerprint density at radius 3 is 2.27 bits per heavy atom. The summed E-state index contributed by atoms with van der Waals surface area (Å²) in [7, 11) is 0. The van der Waals surface area contributed by atoms with Gasteiger partial charge in [-0.25, -0.2) is 0 Å². The summed E-state index contributed by atoms with van der Waals surface area (Å²) in [5, 5.41) is 2.81. The zero-order valence-electron chi connectivity index (χ0n) is 16.5. The van der Waals surface area contributed by atoms with Crippen LogP contribution in [0.1, 0.15) is 12.8 Å². The highest BCUT2D eigenvalue weighted by Crippen LogP contribution is 2.33. The van der Waals surface area contributed by atoms with E-state index in [2.05, 4.69) is 5.32 Å². The summed E-state index contributed by atoms with van der Waals surface area (Å²) in [5.41, 5.74) is 0.684. The van der Waals surface area contributed by atoms with Gasteiger partial charge in [-0.1, -0.05) is 60.3 Å². The fourth-order valence-corrected chi connectivity index (χ4v) is 3.52. The van der Waals surface area contributed by atoms with Crippen LogP contribution in [0.2, 0.25) is 0 Å². The molecule has 0 unspecified atom stereocenters. The summed E-state index contributed by atoms with van der Waals surface area (Å²) in [6.07, 6.45) is 0.715. The van der Waals surface area contributed by atoms with Gasteiger partial charge in [0.1, 0.15) is 5.75 Å². The molecule has 0 atom stereocenters. The van der Waals surface area contributed by atoms with E-state index in [0.717, 1.165) is 15.5 Å². The maximum atomic E-state index is 12.2. The summed E-state index contributed by atoms with van der Waals surface area (Å²) in [6.45, 7) is 0.0953. The first-order valence-corrected chi connectivity index (χ1v) is 10.5. The average molecular weight is 422 g/mol. The maximum Gasteiger partial charge on any atom is 0.306 e. The first-order valence-electron chi connectivity index (χ1n) is 9.66. The van der Waals surface area contributed by atoms with Crippen LogP contribution in [0.4, 0.5) is 5.69 Å². The van der Waals surface area contributed by atoms with E-state index in [9.17, 15) is 9.59 Å². The van der Waals surface area contributed by atoms with Gasteiger partial charge in [0.15, 0.2) is 6.61 Å². The fraction of sp³-hybridized carbons (Fsp3) is 0.167. The van der Waals surface area contributed by atoms with Crippen molar-refractivity contribution < 1.29 is 19.1 Å². The molecule has 154 valence electrons. The highest BCUT2D eigenvalue weighted by atomic mass is 32.2. The predicted molar refractivity (Wildman–Crippen MR) is 118 cm³/mol.